The molecule has 0 amide bonds. The summed E-state index contributed by atoms with van der Waals surface area (Å²) >= 11 is 0. The molecule has 5 nitrogen and oxygen atoms in total. The van der Waals surface area contributed by atoms with E-state index in [1.54, 1.807) is 21.3 Å². The highest BCUT2D eigenvalue weighted by molar-refractivity contribution is 6.60. The molecule has 0 saturated carbocycles. The second kappa shape index (κ2) is 12.0. The van der Waals surface area contributed by atoms with Crippen molar-refractivity contribution in [1.82, 2.24) is 0 Å². The number of hydrogen-bond acceptors (Lipinski definition) is 5. The number of rotatable bonds is 10. The van der Waals surface area contributed by atoms with E-state index >= 15 is 0 Å². The molecule has 0 radical (unpaired) electrons. The Morgan fingerprint density at radius 2 is 1.74 bits per heavy atom. The molecule has 0 spiro atoms. The van der Waals surface area contributed by atoms with Gasteiger partial charge in [-0.05, 0) is 6.42 Å². The van der Waals surface area contributed by atoms with Crippen LogP contribution in [0.2, 0.25) is 12.1 Å². The van der Waals surface area contributed by atoms with Crippen molar-refractivity contribution in [2.45, 2.75) is 38.0 Å². The highest BCUT2D eigenvalue weighted by Crippen LogP contribution is 2.15. The van der Waals surface area contributed by atoms with E-state index in [-0.39, 0.29) is 0 Å². The minimum atomic E-state index is -2.39. The predicted molar refractivity (Wildman–Crippen MR) is 81.8 cm³/mol. The van der Waals surface area contributed by atoms with Gasteiger partial charge >= 0.3 is 8.80 Å². The third-order valence-electron chi connectivity index (χ3n) is 2.91. The van der Waals surface area contributed by atoms with Gasteiger partial charge in [-0.2, -0.15) is 0 Å². The lowest BCUT2D eigenvalue weighted by Crippen LogP contribution is -2.42. The van der Waals surface area contributed by atoms with Crippen molar-refractivity contribution in [1.29, 1.82) is 0 Å². The summed E-state index contributed by atoms with van der Waals surface area (Å²) in [5.41, 5.74) is 0. The standard InChI is InChI=1S/C9H20O5Si.C3H10Si/c1-10-15(11-2,12-3)6-4-5-13-7-9-8-14-9;1-2-3-4/h9H,4-8H2,1-3H3;2-3H2,1,4H3. The smallest absolute Gasteiger partial charge is 0.379 e. The maximum absolute atomic E-state index is 5.42. The Kier molecular flexibility index (Phi) is 12.2. The first-order chi connectivity index (χ1) is 9.17. The van der Waals surface area contributed by atoms with E-state index < -0.39 is 8.80 Å². The molecule has 1 atom stereocenters. The second-order valence-corrected chi connectivity index (χ2v) is 8.52. The van der Waals surface area contributed by atoms with Crippen LogP contribution >= 0.6 is 0 Å². The summed E-state index contributed by atoms with van der Waals surface area (Å²) in [6.45, 7) is 4.45. The molecule has 7 heteroatoms. The van der Waals surface area contributed by atoms with Crippen molar-refractivity contribution >= 4 is 19.0 Å². The van der Waals surface area contributed by atoms with Crippen LogP contribution in [-0.4, -0.2) is 66.3 Å². The van der Waals surface area contributed by atoms with Crippen molar-refractivity contribution in [2.24, 2.45) is 0 Å². The fourth-order valence-electron chi connectivity index (χ4n) is 1.33. The molecule has 1 heterocycles. The van der Waals surface area contributed by atoms with Gasteiger partial charge in [0.25, 0.3) is 0 Å². The van der Waals surface area contributed by atoms with Gasteiger partial charge in [0.05, 0.1) is 13.2 Å². The number of ether oxygens (including phenoxy) is 2. The number of hydrogen-bond donors (Lipinski definition) is 0. The minimum Gasteiger partial charge on any atom is -0.379 e. The summed E-state index contributed by atoms with van der Waals surface area (Å²) in [6, 6.07) is 2.24. The largest absolute Gasteiger partial charge is 0.500 e. The van der Waals surface area contributed by atoms with E-state index in [1.165, 1.54) is 22.7 Å². The average Bonchev–Trinajstić information content (AvgIpc) is 3.28. The molecule has 1 fully saturated rings. The van der Waals surface area contributed by atoms with E-state index in [4.69, 9.17) is 22.8 Å². The molecule has 0 aromatic carbocycles. The second-order valence-electron chi connectivity index (χ2n) is 4.43. The molecule has 116 valence electrons. The van der Waals surface area contributed by atoms with E-state index in [2.05, 4.69) is 6.92 Å². The van der Waals surface area contributed by atoms with Crippen LogP contribution in [-0.2, 0) is 22.8 Å². The van der Waals surface area contributed by atoms with E-state index in [0.717, 1.165) is 19.1 Å². The molecule has 1 aliphatic heterocycles. The molecule has 1 saturated heterocycles. The van der Waals surface area contributed by atoms with Crippen LogP contribution < -0.4 is 0 Å². The molecule has 0 aromatic heterocycles. The van der Waals surface area contributed by atoms with Crippen LogP contribution in [0.4, 0.5) is 0 Å². The van der Waals surface area contributed by atoms with Crippen LogP contribution in [0, 0.1) is 0 Å². The minimum absolute atomic E-state index is 0.333. The van der Waals surface area contributed by atoms with Crippen LogP contribution in [0.3, 0.4) is 0 Å². The van der Waals surface area contributed by atoms with Crippen LogP contribution in [0.1, 0.15) is 19.8 Å². The van der Waals surface area contributed by atoms with Crippen LogP contribution in [0.5, 0.6) is 0 Å². The summed E-state index contributed by atoms with van der Waals surface area (Å²) in [5.74, 6) is 0. The van der Waals surface area contributed by atoms with Gasteiger partial charge in [-0.15, -0.1) is 0 Å². The van der Waals surface area contributed by atoms with Gasteiger partial charge in [0.1, 0.15) is 6.10 Å². The van der Waals surface area contributed by atoms with Crippen LogP contribution in [0.15, 0.2) is 0 Å². The molecule has 1 aliphatic rings. The zero-order valence-corrected chi connectivity index (χ0v) is 16.1. The van der Waals surface area contributed by atoms with Crippen molar-refractivity contribution < 1.29 is 22.8 Å². The van der Waals surface area contributed by atoms with Crippen LogP contribution in [0.25, 0.3) is 0 Å². The Labute approximate surface area is 121 Å². The maximum atomic E-state index is 5.42. The van der Waals surface area contributed by atoms with Crippen molar-refractivity contribution in [3.05, 3.63) is 0 Å². The maximum Gasteiger partial charge on any atom is 0.500 e. The molecule has 1 rings (SSSR count). The highest BCUT2D eigenvalue weighted by atomic mass is 28.4. The Hall–Kier alpha value is 0.234. The van der Waals surface area contributed by atoms with Crippen molar-refractivity contribution in [3.63, 3.8) is 0 Å². The normalized spacial score (nSPS) is 18.0. The third-order valence-corrected chi connectivity index (χ3v) is 6.74. The quantitative estimate of drug-likeness (QED) is 0.340. The Balaban J connectivity index is 0.000000711. The average molecular weight is 311 g/mol. The molecule has 1 unspecified atom stereocenters. The predicted octanol–water partition coefficient (Wildman–Crippen LogP) is 0.850. The molecule has 0 aromatic rings. The Morgan fingerprint density at radius 3 is 2.11 bits per heavy atom. The van der Waals surface area contributed by atoms with Gasteiger partial charge in [0.2, 0.25) is 0 Å². The monoisotopic (exact) mass is 310 g/mol. The zero-order valence-electron chi connectivity index (χ0n) is 13.1. The topological polar surface area (TPSA) is 49.5 Å². The fourth-order valence-corrected chi connectivity index (χ4v) is 3.02. The lowest BCUT2D eigenvalue weighted by atomic mass is 10.5. The molecular formula is C12H30O5Si2. The summed E-state index contributed by atoms with van der Waals surface area (Å²) in [6.07, 6.45) is 2.60. The summed E-state index contributed by atoms with van der Waals surface area (Å²) in [5, 5.41) is 0. The first-order valence-electron chi connectivity index (χ1n) is 7.02. The zero-order chi connectivity index (χ0) is 14.6. The van der Waals surface area contributed by atoms with Gasteiger partial charge in [0.15, 0.2) is 0 Å². The third kappa shape index (κ3) is 9.72. The first kappa shape index (κ1) is 19.2. The van der Waals surface area contributed by atoms with Gasteiger partial charge in [-0.3, -0.25) is 0 Å². The lowest BCUT2D eigenvalue weighted by Gasteiger charge is -2.24. The van der Waals surface area contributed by atoms with Crippen molar-refractivity contribution in [3.8, 4) is 0 Å². The van der Waals surface area contributed by atoms with Gasteiger partial charge in [0, 0.05) is 44.2 Å². The molecule has 19 heavy (non-hydrogen) atoms. The van der Waals surface area contributed by atoms with E-state index in [0.29, 0.717) is 19.3 Å². The molecule has 0 bridgehead atoms. The van der Waals surface area contributed by atoms with Gasteiger partial charge < -0.3 is 22.8 Å². The SMILES string of the molecule is CCC[SiH3].CO[Si](CCCOCC1CO1)(OC)OC. The highest BCUT2D eigenvalue weighted by Gasteiger charge is 2.36. The summed E-state index contributed by atoms with van der Waals surface area (Å²) in [4.78, 5) is 0. The van der Waals surface area contributed by atoms with E-state index in [9.17, 15) is 0 Å². The molecular weight excluding hydrogens is 280 g/mol. The van der Waals surface area contributed by atoms with Gasteiger partial charge in [-0.1, -0.05) is 19.4 Å². The fraction of sp³-hybridized carbons (Fsp3) is 1.00. The Morgan fingerprint density at radius 1 is 1.21 bits per heavy atom. The molecule has 0 N–H and O–H groups in total. The van der Waals surface area contributed by atoms with Gasteiger partial charge in [-0.25, -0.2) is 0 Å². The van der Waals surface area contributed by atoms with Crippen molar-refractivity contribution in [2.75, 3.05) is 41.2 Å². The summed E-state index contributed by atoms with van der Waals surface area (Å²) in [7, 11) is 3.87. The molecule has 0 aliphatic carbocycles. The Bertz CT molecular complexity index is 188. The summed E-state index contributed by atoms with van der Waals surface area (Å²) < 4.78 is 26.3. The first-order valence-corrected chi connectivity index (χ1v) is 10.4. The van der Waals surface area contributed by atoms with E-state index in [1.807, 2.05) is 0 Å². The number of epoxide rings is 1. The lowest BCUT2D eigenvalue weighted by molar-refractivity contribution is 0.100.